The summed E-state index contributed by atoms with van der Waals surface area (Å²) in [5.41, 5.74) is 0.591. The summed E-state index contributed by atoms with van der Waals surface area (Å²) in [4.78, 5) is 11.0. The molecule has 1 aromatic rings. The van der Waals surface area contributed by atoms with Crippen LogP contribution >= 0.6 is 0 Å². The van der Waals surface area contributed by atoms with Crippen molar-refractivity contribution in [2.24, 2.45) is 0 Å². The third-order valence-electron chi connectivity index (χ3n) is 2.26. The molecule has 1 unspecified atom stereocenters. The van der Waals surface area contributed by atoms with Gasteiger partial charge >= 0.3 is 0 Å². The van der Waals surface area contributed by atoms with Gasteiger partial charge in [-0.25, -0.2) is 4.39 Å². The minimum Gasteiger partial charge on any atom is -0.303 e. The number of benzene rings is 1. The van der Waals surface area contributed by atoms with Crippen LogP contribution in [0.1, 0.15) is 18.0 Å². The fraction of sp³-hybridized carbons (Fsp3) is 0.300. The molecule has 2 rings (SSSR count). The molecule has 1 heterocycles. The fourth-order valence-electron chi connectivity index (χ4n) is 1.59. The van der Waals surface area contributed by atoms with Crippen LogP contribution in [-0.4, -0.2) is 12.3 Å². The second kappa shape index (κ2) is 3.26. The van der Waals surface area contributed by atoms with Gasteiger partial charge in [0.15, 0.2) is 0 Å². The highest BCUT2D eigenvalue weighted by atomic mass is 19.1. The molecule has 0 bridgehead atoms. The molecule has 0 radical (unpaired) electrons. The van der Waals surface area contributed by atoms with Crippen molar-refractivity contribution in [3.05, 3.63) is 35.6 Å². The zero-order valence-corrected chi connectivity index (χ0v) is 7.09. The lowest BCUT2D eigenvalue weighted by molar-refractivity contribution is -0.116. The van der Waals surface area contributed by atoms with Crippen molar-refractivity contribution in [1.29, 1.82) is 0 Å². The largest absolute Gasteiger partial charge is 0.303 e. The smallest absolute Gasteiger partial charge is 0.148 e. The van der Waals surface area contributed by atoms with E-state index < -0.39 is 0 Å². The Hall–Kier alpha value is -1.22. The van der Waals surface area contributed by atoms with Gasteiger partial charge in [0.2, 0.25) is 0 Å². The predicted molar refractivity (Wildman–Crippen MR) is 46.8 cm³/mol. The maximum atomic E-state index is 13.2. The normalized spacial score (nSPS) is 22.2. The van der Waals surface area contributed by atoms with Crippen LogP contribution in [0, 0.1) is 5.82 Å². The standard InChI is InChI=1S/C10H10FNO/c11-9-4-2-1-3-8(9)10-5-7(13)6-12-10/h1-4,10,12H,5-6H2. The lowest BCUT2D eigenvalue weighted by atomic mass is 10.0. The van der Waals surface area contributed by atoms with Crippen molar-refractivity contribution in [2.75, 3.05) is 6.54 Å². The van der Waals surface area contributed by atoms with Crippen LogP contribution in [0.5, 0.6) is 0 Å². The van der Waals surface area contributed by atoms with Crippen molar-refractivity contribution in [2.45, 2.75) is 12.5 Å². The summed E-state index contributed by atoms with van der Waals surface area (Å²) in [5.74, 6) is -0.0945. The summed E-state index contributed by atoms with van der Waals surface area (Å²) in [6, 6.07) is 6.43. The SMILES string of the molecule is O=C1CNC(c2ccccc2F)C1. The second-order valence-corrected chi connectivity index (χ2v) is 3.20. The molecule has 2 nitrogen and oxygen atoms in total. The van der Waals surface area contributed by atoms with E-state index in [9.17, 15) is 9.18 Å². The zero-order chi connectivity index (χ0) is 9.26. The number of hydrogen-bond acceptors (Lipinski definition) is 2. The Morgan fingerprint density at radius 2 is 2.15 bits per heavy atom. The van der Waals surface area contributed by atoms with Crippen molar-refractivity contribution < 1.29 is 9.18 Å². The molecule has 1 fully saturated rings. The molecule has 1 N–H and O–H groups in total. The maximum Gasteiger partial charge on any atom is 0.148 e. The third kappa shape index (κ3) is 1.60. The first-order chi connectivity index (χ1) is 6.27. The van der Waals surface area contributed by atoms with Gasteiger partial charge in [-0.3, -0.25) is 4.79 Å². The number of halogens is 1. The minimum absolute atomic E-state index is 0.131. The molecular weight excluding hydrogens is 169 g/mol. The molecule has 0 amide bonds. The van der Waals surface area contributed by atoms with E-state index in [2.05, 4.69) is 5.32 Å². The van der Waals surface area contributed by atoms with E-state index in [-0.39, 0.29) is 17.6 Å². The highest BCUT2D eigenvalue weighted by molar-refractivity contribution is 5.83. The Kier molecular flexibility index (Phi) is 2.10. The number of hydrogen-bond donors (Lipinski definition) is 1. The average Bonchev–Trinajstić information content (AvgIpc) is 2.53. The number of ketones is 1. The Morgan fingerprint density at radius 3 is 2.77 bits per heavy atom. The molecule has 1 saturated heterocycles. The molecule has 0 spiro atoms. The quantitative estimate of drug-likeness (QED) is 0.706. The molecule has 13 heavy (non-hydrogen) atoms. The van der Waals surface area contributed by atoms with Crippen molar-refractivity contribution in [1.82, 2.24) is 5.32 Å². The molecule has 1 aromatic carbocycles. The summed E-state index contributed by atoms with van der Waals surface area (Å²) in [7, 11) is 0. The van der Waals surface area contributed by atoms with Crippen LogP contribution in [-0.2, 0) is 4.79 Å². The van der Waals surface area contributed by atoms with E-state index in [0.717, 1.165) is 0 Å². The summed E-state index contributed by atoms with van der Waals surface area (Å²) in [5, 5.41) is 2.97. The number of carbonyl (C=O) groups is 1. The van der Waals surface area contributed by atoms with Crippen LogP contribution < -0.4 is 5.32 Å². The van der Waals surface area contributed by atoms with Crippen molar-refractivity contribution in [3.8, 4) is 0 Å². The van der Waals surface area contributed by atoms with Crippen molar-refractivity contribution >= 4 is 5.78 Å². The molecule has 1 aliphatic heterocycles. The molecule has 0 saturated carbocycles. The molecular formula is C10H10FNO. The van der Waals surface area contributed by atoms with Crippen LogP contribution in [0.2, 0.25) is 0 Å². The van der Waals surface area contributed by atoms with E-state index >= 15 is 0 Å². The number of rotatable bonds is 1. The highest BCUT2D eigenvalue weighted by Crippen LogP contribution is 2.23. The Balaban J connectivity index is 2.26. The lowest BCUT2D eigenvalue weighted by Crippen LogP contribution is -2.14. The minimum atomic E-state index is -0.241. The maximum absolute atomic E-state index is 13.2. The second-order valence-electron chi connectivity index (χ2n) is 3.20. The summed E-state index contributed by atoms with van der Waals surface area (Å²) < 4.78 is 13.2. The van der Waals surface area contributed by atoms with Gasteiger partial charge in [-0.2, -0.15) is 0 Å². The van der Waals surface area contributed by atoms with Crippen LogP contribution in [0.25, 0.3) is 0 Å². The average molecular weight is 179 g/mol. The molecule has 68 valence electrons. The molecule has 1 atom stereocenters. The van der Waals surface area contributed by atoms with Gasteiger partial charge in [-0.15, -0.1) is 0 Å². The van der Waals surface area contributed by atoms with Gasteiger partial charge in [0, 0.05) is 18.0 Å². The number of nitrogens with one attached hydrogen (secondary N) is 1. The van der Waals surface area contributed by atoms with E-state index in [1.54, 1.807) is 18.2 Å². The Labute approximate surface area is 75.8 Å². The van der Waals surface area contributed by atoms with E-state index in [4.69, 9.17) is 0 Å². The lowest BCUT2D eigenvalue weighted by Gasteiger charge is -2.09. The summed E-state index contributed by atoms with van der Waals surface area (Å²) >= 11 is 0. The highest BCUT2D eigenvalue weighted by Gasteiger charge is 2.24. The summed E-state index contributed by atoms with van der Waals surface area (Å²) in [6.45, 7) is 0.360. The first kappa shape index (κ1) is 8.38. The van der Waals surface area contributed by atoms with Crippen LogP contribution in [0.15, 0.2) is 24.3 Å². The zero-order valence-electron chi connectivity index (χ0n) is 7.09. The Morgan fingerprint density at radius 1 is 1.38 bits per heavy atom. The summed E-state index contributed by atoms with van der Waals surface area (Å²) in [6.07, 6.45) is 0.404. The van der Waals surface area contributed by atoms with Gasteiger partial charge in [-0.05, 0) is 6.07 Å². The number of Topliss-reactive ketones (excluding diaryl/α,β-unsaturated/α-hetero) is 1. The fourth-order valence-corrected chi connectivity index (χ4v) is 1.59. The topological polar surface area (TPSA) is 29.1 Å². The first-order valence-corrected chi connectivity index (χ1v) is 4.27. The van der Waals surface area contributed by atoms with Gasteiger partial charge in [0.05, 0.1) is 6.54 Å². The molecule has 1 aliphatic rings. The van der Waals surface area contributed by atoms with Gasteiger partial charge in [0.25, 0.3) is 0 Å². The van der Waals surface area contributed by atoms with Crippen LogP contribution in [0.3, 0.4) is 0 Å². The molecule has 0 aliphatic carbocycles. The van der Waals surface area contributed by atoms with E-state index in [0.29, 0.717) is 18.5 Å². The Bertz CT molecular complexity index is 337. The molecule has 3 heteroatoms. The van der Waals surface area contributed by atoms with Crippen molar-refractivity contribution in [3.63, 3.8) is 0 Å². The predicted octanol–water partition coefficient (Wildman–Crippen LogP) is 1.43. The van der Waals surface area contributed by atoms with E-state index in [1.807, 2.05) is 0 Å². The van der Waals surface area contributed by atoms with E-state index in [1.165, 1.54) is 6.07 Å². The third-order valence-corrected chi connectivity index (χ3v) is 2.26. The van der Waals surface area contributed by atoms with Gasteiger partial charge in [0.1, 0.15) is 11.6 Å². The number of carbonyl (C=O) groups excluding carboxylic acids is 1. The monoisotopic (exact) mass is 179 g/mol. The van der Waals surface area contributed by atoms with Gasteiger partial charge < -0.3 is 5.32 Å². The first-order valence-electron chi connectivity index (χ1n) is 4.27. The van der Waals surface area contributed by atoms with Crippen LogP contribution in [0.4, 0.5) is 4.39 Å². The van der Waals surface area contributed by atoms with Gasteiger partial charge in [-0.1, -0.05) is 18.2 Å². The molecule has 0 aromatic heterocycles.